The largest absolute Gasteiger partial charge is 0.335 e. The molecule has 0 aromatic rings. The van der Waals surface area contributed by atoms with E-state index in [1.165, 1.54) is 4.90 Å². The highest BCUT2D eigenvalue weighted by atomic mass is 19.3. The Morgan fingerprint density at radius 3 is 2.38 bits per heavy atom. The van der Waals surface area contributed by atoms with Crippen molar-refractivity contribution < 1.29 is 13.6 Å². The molecule has 92 valence electrons. The fourth-order valence-electron chi connectivity index (χ4n) is 3.00. The van der Waals surface area contributed by atoms with Crippen LogP contribution in [0.4, 0.5) is 8.78 Å². The number of hydrogen-bond donors (Lipinski definition) is 1. The lowest BCUT2D eigenvalue weighted by molar-refractivity contribution is -0.145. The van der Waals surface area contributed by atoms with E-state index in [4.69, 9.17) is 0 Å². The molecule has 0 aliphatic carbocycles. The molecule has 2 fully saturated rings. The third-order valence-corrected chi connectivity index (χ3v) is 3.70. The predicted molar refractivity (Wildman–Crippen MR) is 56.4 cm³/mol. The van der Waals surface area contributed by atoms with Crippen LogP contribution < -0.4 is 5.32 Å². The Bertz CT molecular complexity index is 261. The molecule has 0 aromatic carbocycles. The zero-order valence-electron chi connectivity index (χ0n) is 9.46. The lowest BCUT2D eigenvalue weighted by atomic mass is 9.98. The molecule has 0 radical (unpaired) electrons. The normalized spacial score (nSPS) is 33.1. The van der Waals surface area contributed by atoms with Crippen LogP contribution in [0.2, 0.25) is 0 Å². The van der Waals surface area contributed by atoms with Crippen LogP contribution in [0.3, 0.4) is 0 Å². The molecule has 3 nitrogen and oxygen atoms in total. The maximum Gasteiger partial charge on any atom is 0.315 e. The third-order valence-electron chi connectivity index (χ3n) is 3.70. The smallest absolute Gasteiger partial charge is 0.315 e. The van der Waals surface area contributed by atoms with E-state index in [1.54, 1.807) is 6.92 Å². The second-order valence-corrected chi connectivity index (χ2v) is 4.69. The van der Waals surface area contributed by atoms with Crippen molar-refractivity contribution in [2.24, 2.45) is 0 Å². The number of nitrogens with zero attached hydrogens (tertiary/aromatic N) is 1. The van der Waals surface area contributed by atoms with Gasteiger partial charge in [0.25, 0.3) is 5.91 Å². The summed E-state index contributed by atoms with van der Waals surface area (Å²) < 4.78 is 24.8. The first kappa shape index (κ1) is 11.8. The van der Waals surface area contributed by atoms with Crippen LogP contribution >= 0.6 is 0 Å². The number of piperidine rings is 1. The molecule has 1 N–H and O–H groups in total. The quantitative estimate of drug-likeness (QED) is 0.797. The van der Waals surface area contributed by atoms with Crippen LogP contribution in [0.5, 0.6) is 0 Å². The summed E-state index contributed by atoms with van der Waals surface area (Å²) in [5, 5.41) is 3.44. The molecular formula is C11H18F2N2O. The molecule has 5 heteroatoms. The summed E-state index contributed by atoms with van der Waals surface area (Å²) in [6.45, 7) is 2.15. The first-order valence-electron chi connectivity index (χ1n) is 5.96. The van der Waals surface area contributed by atoms with Gasteiger partial charge in [0.05, 0.1) is 0 Å². The highest BCUT2D eigenvalue weighted by molar-refractivity contribution is 5.79. The van der Waals surface area contributed by atoms with E-state index in [1.807, 2.05) is 0 Å². The van der Waals surface area contributed by atoms with Gasteiger partial charge in [0.15, 0.2) is 0 Å². The maximum absolute atomic E-state index is 12.4. The number of amides is 1. The van der Waals surface area contributed by atoms with Crippen molar-refractivity contribution in [1.82, 2.24) is 10.2 Å². The number of rotatable bonds is 3. The van der Waals surface area contributed by atoms with Crippen molar-refractivity contribution in [1.29, 1.82) is 0 Å². The zero-order chi connectivity index (χ0) is 11.7. The van der Waals surface area contributed by atoms with Gasteiger partial charge in [0, 0.05) is 24.7 Å². The Morgan fingerprint density at radius 1 is 1.38 bits per heavy atom. The molecule has 2 atom stereocenters. The molecule has 0 saturated carbocycles. The highest BCUT2D eigenvalue weighted by Crippen LogP contribution is 2.30. The van der Waals surface area contributed by atoms with Gasteiger partial charge in [-0.15, -0.1) is 0 Å². The molecule has 2 bridgehead atoms. The number of halogens is 2. The standard InChI is InChI=1S/C11H18F2N2O/c1-2-15(11(16)10(12)13)9-5-7-3-4-8(6-9)14-7/h7-10,14H,2-6H2,1H3. The Morgan fingerprint density at radius 2 is 1.94 bits per heavy atom. The van der Waals surface area contributed by atoms with Crippen LogP contribution in [0.1, 0.15) is 32.6 Å². The lowest BCUT2D eigenvalue weighted by Crippen LogP contribution is -2.51. The number of nitrogens with one attached hydrogen (secondary N) is 1. The first-order chi connectivity index (χ1) is 7.61. The Labute approximate surface area is 94.2 Å². The van der Waals surface area contributed by atoms with Crippen LogP contribution in [-0.4, -0.2) is 41.9 Å². The number of fused-ring (bicyclic) bond motifs is 2. The van der Waals surface area contributed by atoms with E-state index < -0.39 is 12.3 Å². The van der Waals surface area contributed by atoms with Crippen LogP contribution in [0, 0.1) is 0 Å². The number of carbonyl (C=O) groups excluding carboxylic acids is 1. The van der Waals surface area contributed by atoms with Gasteiger partial charge in [0.1, 0.15) is 0 Å². The summed E-state index contributed by atoms with van der Waals surface area (Å²) in [7, 11) is 0. The van der Waals surface area contributed by atoms with E-state index >= 15 is 0 Å². The van der Waals surface area contributed by atoms with Crippen molar-refractivity contribution in [3.8, 4) is 0 Å². The van der Waals surface area contributed by atoms with E-state index in [0.29, 0.717) is 18.6 Å². The summed E-state index contributed by atoms with van der Waals surface area (Å²) in [6.07, 6.45) is 1.00. The molecule has 2 saturated heterocycles. The Kier molecular flexibility index (Phi) is 3.42. The summed E-state index contributed by atoms with van der Waals surface area (Å²) in [6, 6.07) is 0.844. The third kappa shape index (κ3) is 2.19. The topological polar surface area (TPSA) is 32.3 Å². The molecule has 2 heterocycles. The summed E-state index contributed by atoms with van der Waals surface area (Å²) in [5.41, 5.74) is 0. The second-order valence-electron chi connectivity index (χ2n) is 4.69. The summed E-state index contributed by atoms with van der Waals surface area (Å²) in [5.74, 6) is -1.01. The second kappa shape index (κ2) is 4.65. The monoisotopic (exact) mass is 232 g/mol. The zero-order valence-corrected chi connectivity index (χ0v) is 9.46. The van der Waals surface area contributed by atoms with E-state index in [9.17, 15) is 13.6 Å². The Balaban J connectivity index is 2.02. The number of hydrogen-bond acceptors (Lipinski definition) is 2. The fourth-order valence-corrected chi connectivity index (χ4v) is 3.00. The Hall–Kier alpha value is -0.710. The SMILES string of the molecule is CCN(C(=O)C(F)F)C1CC2CCC(C1)N2. The minimum absolute atomic E-state index is 0.00486. The van der Waals surface area contributed by atoms with E-state index in [0.717, 1.165) is 25.7 Å². The molecule has 2 aliphatic rings. The fraction of sp³-hybridized carbons (Fsp3) is 0.909. The van der Waals surface area contributed by atoms with Crippen molar-refractivity contribution >= 4 is 5.91 Å². The van der Waals surface area contributed by atoms with Crippen LogP contribution in [0.15, 0.2) is 0 Å². The average molecular weight is 232 g/mol. The van der Waals surface area contributed by atoms with Gasteiger partial charge >= 0.3 is 6.43 Å². The molecule has 2 rings (SSSR count). The minimum Gasteiger partial charge on any atom is -0.335 e. The maximum atomic E-state index is 12.4. The van der Waals surface area contributed by atoms with Crippen LogP contribution in [0.25, 0.3) is 0 Å². The molecular weight excluding hydrogens is 214 g/mol. The molecule has 2 aliphatic heterocycles. The first-order valence-corrected chi connectivity index (χ1v) is 5.96. The van der Waals surface area contributed by atoms with Gasteiger partial charge in [-0.05, 0) is 32.6 Å². The number of carbonyl (C=O) groups is 1. The minimum atomic E-state index is -2.87. The molecule has 0 aromatic heterocycles. The lowest BCUT2D eigenvalue weighted by Gasteiger charge is -2.37. The summed E-state index contributed by atoms with van der Waals surface area (Å²) >= 11 is 0. The van der Waals surface area contributed by atoms with Gasteiger partial charge < -0.3 is 10.2 Å². The molecule has 1 amide bonds. The number of alkyl halides is 2. The van der Waals surface area contributed by atoms with Gasteiger partial charge in [0.2, 0.25) is 0 Å². The van der Waals surface area contributed by atoms with Crippen LogP contribution in [-0.2, 0) is 4.79 Å². The average Bonchev–Trinajstić information content (AvgIpc) is 2.59. The van der Waals surface area contributed by atoms with E-state index in [2.05, 4.69) is 5.32 Å². The van der Waals surface area contributed by atoms with E-state index in [-0.39, 0.29) is 6.04 Å². The van der Waals surface area contributed by atoms with Gasteiger partial charge in [-0.2, -0.15) is 8.78 Å². The molecule has 2 unspecified atom stereocenters. The predicted octanol–water partition coefficient (Wildman–Crippen LogP) is 1.38. The van der Waals surface area contributed by atoms with Gasteiger partial charge in [-0.3, -0.25) is 4.79 Å². The van der Waals surface area contributed by atoms with Crippen molar-refractivity contribution in [2.75, 3.05) is 6.54 Å². The highest BCUT2D eigenvalue weighted by Gasteiger charge is 2.38. The summed E-state index contributed by atoms with van der Waals surface area (Å²) in [4.78, 5) is 12.7. The van der Waals surface area contributed by atoms with Gasteiger partial charge in [-0.1, -0.05) is 0 Å². The van der Waals surface area contributed by atoms with Crippen molar-refractivity contribution in [2.45, 2.75) is 57.2 Å². The van der Waals surface area contributed by atoms with Crippen molar-refractivity contribution in [3.63, 3.8) is 0 Å². The molecule has 16 heavy (non-hydrogen) atoms. The van der Waals surface area contributed by atoms with Crippen molar-refractivity contribution in [3.05, 3.63) is 0 Å². The molecule has 0 spiro atoms. The van der Waals surface area contributed by atoms with Gasteiger partial charge in [-0.25, -0.2) is 0 Å².